The molecule has 1 unspecified atom stereocenters. The van der Waals surface area contributed by atoms with Crippen molar-refractivity contribution in [1.82, 2.24) is 10.2 Å². The lowest BCUT2D eigenvalue weighted by atomic mass is 9.91. The van der Waals surface area contributed by atoms with Gasteiger partial charge in [0.05, 0.1) is 4.88 Å². The number of nitrogens with one attached hydrogen (secondary N) is 1. The Kier molecular flexibility index (Phi) is 5.53. The largest absolute Gasteiger partial charge is 0.353 e. The molecule has 116 valence electrons. The average molecular weight is 308 g/mol. The van der Waals surface area contributed by atoms with E-state index >= 15 is 0 Å². The number of piperidine rings is 1. The van der Waals surface area contributed by atoms with Crippen LogP contribution in [-0.4, -0.2) is 42.3 Å². The number of carbonyl (C=O) groups is 2. The van der Waals surface area contributed by atoms with Gasteiger partial charge in [-0.3, -0.25) is 9.59 Å². The van der Waals surface area contributed by atoms with Gasteiger partial charge >= 0.3 is 0 Å². The molecule has 1 amide bonds. The van der Waals surface area contributed by atoms with Gasteiger partial charge in [0.25, 0.3) is 0 Å². The molecule has 2 heterocycles. The van der Waals surface area contributed by atoms with E-state index in [0.29, 0.717) is 12.5 Å². The normalized spacial score (nSPS) is 24.5. The summed E-state index contributed by atoms with van der Waals surface area (Å²) in [4.78, 5) is 27.4. The van der Waals surface area contributed by atoms with Gasteiger partial charge in [0.2, 0.25) is 5.91 Å². The smallest absolute Gasteiger partial charge is 0.223 e. The van der Waals surface area contributed by atoms with Crippen LogP contribution in [0.5, 0.6) is 0 Å². The minimum atomic E-state index is -0.109. The van der Waals surface area contributed by atoms with Crippen LogP contribution in [-0.2, 0) is 4.79 Å². The van der Waals surface area contributed by atoms with Crippen molar-refractivity contribution in [2.75, 3.05) is 13.6 Å². The van der Waals surface area contributed by atoms with Crippen LogP contribution in [0.4, 0.5) is 0 Å². The molecule has 0 radical (unpaired) electrons. The first-order valence-corrected chi connectivity index (χ1v) is 8.42. The molecule has 5 heteroatoms. The second kappa shape index (κ2) is 7.18. The number of Topliss-reactive ketones (excluding diaryl/α,β-unsaturated/α-hetero) is 1. The zero-order chi connectivity index (χ0) is 15.4. The predicted molar refractivity (Wildman–Crippen MR) is 85.7 cm³/mol. The van der Waals surface area contributed by atoms with Crippen LogP contribution in [0.3, 0.4) is 0 Å². The average Bonchev–Trinajstić information content (AvgIpc) is 2.95. The minimum Gasteiger partial charge on any atom is -0.353 e. The molecule has 1 N–H and O–H groups in total. The van der Waals surface area contributed by atoms with Gasteiger partial charge in [-0.2, -0.15) is 0 Å². The summed E-state index contributed by atoms with van der Waals surface area (Å²) in [7, 11) is 2.10. The molecular formula is C16H24N2O2S. The van der Waals surface area contributed by atoms with E-state index in [-0.39, 0.29) is 23.7 Å². The van der Waals surface area contributed by atoms with Gasteiger partial charge in [0, 0.05) is 24.4 Å². The fourth-order valence-corrected chi connectivity index (χ4v) is 3.43. The summed E-state index contributed by atoms with van der Waals surface area (Å²) >= 11 is 1.45. The monoisotopic (exact) mass is 308 g/mol. The second-order valence-electron chi connectivity index (χ2n) is 6.07. The molecule has 0 aromatic carbocycles. The van der Waals surface area contributed by atoms with Crippen molar-refractivity contribution in [2.45, 2.75) is 45.2 Å². The Morgan fingerprint density at radius 3 is 2.90 bits per heavy atom. The maximum Gasteiger partial charge on any atom is 0.223 e. The third kappa shape index (κ3) is 4.38. The number of hydrogen-bond donors (Lipinski definition) is 1. The van der Waals surface area contributed by atoms with E-state index in [1.807, 2.05) is 24.4 Å². The van der Waals surface area contributed by atoms with Crippen molar-refractivity contribution < 1.29 is 9.59 Å². The highest BCUT2D eigenvalue weighted by Crippen LogP contribution is 2.22. The molecule has 2 rings (SSSR count). The maximum absolute atomic E-state index is 12.3. The first kappa shape index (κ1) is 16.2. The molecule has 1 fully saturated rings. The topological polar surface area (TPSA) is 49.4 Å². The van der Waals surface area contributed by atoms with Crippen molar-refractivity contribution in [3.63, 3.8) is 0 Å². The number of ketones is 1. The number of hydrogen-bond acceptors (Lipinski definition) is 4. The fourth-order valence-electron chi connectivity index (χ4n) is 2.76. The van der Waals surface area contributed by atoms with Crippen LogP contribution in [0.2, 0.25) is 0 Å². The van der Waals surface area contributed by atoms with E-state index < -0.39 is 0 Å². The van der Waals surface area contributed by atoms with E-state index in [1.165, 1.54) is 11.3 Å². The van der Waals surface area contributed by atoms with E-state index in [9.17, 15) is 9.59 Å². The Morgan fingerprint density at radius 2 is 2.29 bits per heavy atom. The Hall–Kier alpha value is -1.20. The van der Waals surface area contributed by atoms with Gasteiger partial charge in [-0.15, -0.1) is 11.3 Å². The number of carbonyl (C=O) groups excluding carboxylic acids is 2. The lowest BCUT2D eigenvalue weighted by Crippen LogP contribution is -2.45. The zero-order valence-electron chi connectivity index (χ0n) is 13.0. The quantitative estimate of drug-likeness (QED) is 0.851. The predicted octanol–water partition coefficient (Wildman–Crippen LogP) is 2.56. The Balaban J connectivity index is 1.81. The first-order chi connectivity index (χ1) is 9.97. The van der Waals surface area contributed by atoms with Crippen molar-refractivity contribution in [3.05, 3.63) is 22.4 Å². The van der Waals surface area contributed by atoms with Gasteiger partial charge < -0.3 is 10.2 Å². The Labute approximate surface area is 130 Å². The fraction of sp³-hybridized carbons (Fsp3) is 0.625. The van der Waals surface area contributed by atoms with Gasteiger partial charge in [0.1, 0.15) is 0 Å². The molecule has 21 heavy (non-hydrogen) atoms. The molecule has 4 nitrogen and oxygen atoms in total. The lowest BCUT2D eigenvalue weighted by Gasteiger charge is -2.34. The molecule has 1 aliphatic heterocycles. The highest BCUT2D eigenvalue weighted by Gasteiger charge is 2.28. The molecule has 0 saturated carbocycles. The molecule has 1 aromatic heterocycles. The summed E-state index contributed by atoms with van der Waals surface area (Å²) < 4.78 is 0. The lowest BCUT2D eigenvalue weighted by molar-refractivity contribution is -0.127. The molecule has 1 aliphatic rings. The highest BCUT2D eigenvalue weighted by molar-refractivity contribution is 7.12. The van der Waals surface area contributed by atoms with E-state index in [4.69, 9.17) is 0 Å². The number of thiophene rings is 1. The Bertz CT molecular complexity index is 486. The van der Waals surface area contributed by atoms with Crippen LogP contribution < -0.4 is 5.32 Å². The molecule has 0 spiro atoms. The SMILES string of the molecule is CC(CC(=O)c1cccs1)NC(=O)[C@H]1CCN(C)[C@@H](C)C1. The van der Waals surface area contributed by atoms with Crippen molar-refractivity contribution in [3.8, 4) is 0 Å². The first-order valence-electron chi connectivity index (χ1n) is 7.54. The van der Waals surface area contributed by atoms with Gasteiger partial charge in [0.15, 0.2) is 5.78 Å². The minimum absolute atomic E-state index is 0.0792. The number of nitrogens with zero attached hydrogens (tertiary/aromatic N) is 1. The summed E-state index contributed by atoms with van der Waals surface area (Å²) in [6, 6.07) is 4.04. The zero-order valence-corrected chi connectivity index (χ0v) is 13.8. The van der Waals surface area contributed by atoms with Crippen LogP contribution in [0.1, 0.15) is 42.8 Å². The van der Waals surface area contributed by atoms with Crippen molar-refractivity contribution in [2.24, 2.45) is 5.92 Å². The molecule has 3 atom stereocenters. The molecule has 0 bridgehead atoms. The third-order valence-corrected chi connectivity index (χ3v) is 5.17. The van der Waals surface area contributed by atoms with Gasteiger partial charge in [-0.1, -0.05) is 6.07 Å². The standard InChI is InChI=1S/C16H24N2O2S/c1-11(9-14(19)15-5-4-8-21-15)17-16(20)13-6-7-18(3)12(2)10-13/h4-5,8,11-13H,6-7,9-10H2,1-3H3,(H,17,20)/t11?,12-,13-/m0/s1. The van der Waals surface area contributed by atoms with Crippen molar-refractivity contribution in [1.29, 1.82) is 0 Å². The molecular weight excluding hydrogens is 284 g/mol. The van der Waals surface area contributed by atoms with Crippen LogP contribution in [0, 0.1) is 5.92 Å². The van der Waals surface area contributed by atoms with Crippen LogP contribution in [0.15, 0.2) is 17.5 Å². The van der Waals surface area contributed by atoms with E-state index in [1.54, 1.807) is 0 Å². The molecule has 0 aliphatic carbocycles. The Morgan fingerprint density at radius 1 is 1.52 bits per heavy atom. The van der Waals surface area contributed by atoms with Crippen LogP contribution in [0.25, 0.3) is 0 Å². The summed E-state index contributed by atoms with van der Waals surface area (Å²) in [5.74, 6) is 0.284. The second-order valence-corrected chi connectivity index (χ2v) is 7.01. The summed E-state index contributed by atoms with van der Waals surface area (Å²) in [6.07, 6.45) is 2.17. The van der Waals surface area contributed by atoms with E-state index in [0.717, 1.165) is 24.3 Å². The summed E-state index contributed by atoms with van der Waals surface area (Å²) in [5, 5.41) is 4.90. The number of amides is 1. The number of rotatable bonds is 5. The summed E-state index contributed by atoms with van der Waals surface area (Å²) in [6.45, 7) is 5.02. The van der Waals surface area contributed by atoms with Gasteiger partial charge in [-0.05, 0) is 51.7 Å². The van der Waals surface area contributed by atoms with Crippen LogP contribution >= 0.6 is 11.3 Å². The van der Waals surface area contributed by atoms with Crippen molar-refractivity contribution >= 4 is 23.0 Å². The van der Waals surface area contributed by atoms with E-state index in [2.05, 4.69) is 24.2 Å². The third-order valence-electron chi connectivity index (χ3n) is 4.26. The number of likely N-dealkylation sites (tertiary alicyclic amines) is 1. The summed E-state index contributed by atoms with van der Waals surface area (Å²) in [5.41, 5.74) is 0. The molecule has 1 saturated heterocycles. The maximum atomic E-state index is 12.3. The highest BCUT2D eigenvalue weighted by atomic mass is 32.1. The molecule has 1 aromatic rings. The van der Waals surface area contributed by atoms with Gasteiger partial charge in [-0.25, -0.2) is 0 Å².